The summed E-state index contributed by atoms with van der Waals surface area (Å²) in [5.41, 5.74) is 0.236. The molecule has 0 aliphatic rings. The van der Waals surface area contributed by atoms with Crippen molar-refractivity contribution in [2.75, 3.05) is 5.32 Å². The molecule has 0 unspecified atom stereocenters. The Morgan fingerprint density at radius 3 is 2.53 bits per heavy atom. The number of anilines is 1. The summed E-state index contributed by atoms with van der Waals surface area (Å²) in [6, 6.07) is 7.49. The summed E-state index contributed by atoms with van der Waals surface area (Å²) in [6.07, 6.45) is 0. The third-order valence-corrected chi connectivity index (χ3v) is 3.78. The quantitative estimate of drug-likeness (QED) is 0.899. The monoisotopic (exact) mass is 315 g/mol. The molecule has 0 spiro atoms. The molecule has 0 fully saturated rings. The molecule has 1 heterocycles. The lowest BCUT2D eigenvalue weighted by Gasteiger charge is -2.05. The van der Waals surface area contributed by atoms with Crippen LogP contribution in [0.5, 0.6) is 0 Å². The third kappa shape index (κ3) is 3.26. The van der Waals surface area contributed by atoms with E-state index in [0.717, 1.165) is 11.3 Å². The Morgan fingerprint density at radius 2 is 1.89 bits per heavy atom. The minimum absolute atomic E-state index is 0.146. The van der Waals surface area contributed by atoms with E-state index in [1.165, 1.54) is 24.3 Å². The van der Waals surface area contributed by atoms with Crippen molar-refractivity contribution < 1.29 is 14.7 Å². The van der Waals surface area contributed by atoms with Gasteiger partial charge in [0.1, 0.15) is 4.88 Å². The molecule has 0 saturated carbocycles. The van der Waals surface area contributed by atoms with Crippen LogP contribution in [0.2, 0.25) is 10.0 Å². The first-order valence-corrected chi connectivity index (χ1v) is 6.64. The second-order valence-corrected chi connectivity index (χ2v) is 5.47. The number of halogens is 2. The normalized spacial score (nSPS) is 10.2. The van der Waals surface area contributed by atoms with E-state index in [2.05, 4.69) is 5.32 Å². The maximum atomic E-state index is 12.0. The molecule has 2 rings (SSSR count). The van der Waals surface area contributed by atoms with Crippen molar-refractivity contribution in [2.24, 2.45) is 0 Å². The van der Waals surface area contributed by atoms with Crippen molar-refractivity contribution in [3.8, 4) is 0 Å². The molecular weight excluding hydrogens is 309 g/mol. The van der Waals surface area contributed by atoms with Crippen molar-refractivity contribution in [1.29, 1.82) is 0 Å². The zero-order valence-corrected chi connectivity index (χ0v) is 11.6. The predicted octanol–water partition coefficient (Wildman–Crippen LogP) is 4.01. The molecule has 0 saturated heterocycles. The van der Waals surface area contributed by atoms with E-state index < -0.39 is 11.9 Å². The van der Waals surface area contributed by atoms with E-state index in [4.69, 9.17) is 28.3 Å². The molecule has 1 aromatic heterocycles. The molecular formula is C12H7Cl2NO3S. The van der Waals surface area contributed by atoms with Crippen LogP contribution in [-0.2, 0) is 0 Å². The molecule has 1 aromatic carbocycles. The lowest BCUT2D eigenvalue weighted by atomic mass is 10.2. The van der Waals surface area contributed by atoms with Crippen LogP contribution in [-0.4, -0.2) is 17.0 Å². The zero-order chi connectivity index (χ0) is 14.0. The minimum Gasteiger partial charge on any atom is -0.477 e. The summed E-state index contributed by atoms with van der Waals surface area (Å²) >= 11 is 12.7. The number of carbonyl (C=O) groups is 2. The number of hydrogen-bond donors (Lipinski definition) is 2. The highest BCUT2D eigenvalue weighted by molar-refractivity contribution is 7.18. The highest BCUT2D eigenvalue weighted by Gasteiger charge is 2.13. The van der Waals surface area contributed by atoms with E-state index in [1.54, 1.807) is 6.07 Å². The maximum absolute atomic E-state index is 12.0. The van der Waals surface area contributed by atoms with Gasteiger partial charge in [0.2, 0.25) is 0 Å². The van der Waals surface area contributed by atoms with Gasteiger partial charge in [0.05, 0.1) is 15.6 Å². The average molecular weight is 316 g/mol. The molecule has 19 heavy (non-hydrogen) atoms. The molecule has 0 radical (unpaired) electrons. The van der Waals surface area contributed by atoms with E-state index >= 15 is 0 Å². The van der Waals surface area contributed by atoms with Crippen LogP contribution in [0, 0.1) is 0 Å². The van der Waals surface area contributed by atoms with Crippen LogP contribution >= 0.6 is 34.5 Å². The Balaban J connectivity index is 2.20. The number of amides is 1. The second-order valence-electron chi connectivity index (χ2n) is 3.55. The lowest BCUT2D eigenvalue weighted by molar-refractivity contribution is 0.0702. The first-order valence-electron chi connectivity index (χ1n) is 5.07. The molecule has 0 aliphatic heterocycles. The van der Waals surface area contributed by atoms with Crippen LogP contribution < -0.4 is 5.32 Å². The van der Waals surface area contributed by atoms with Crippen molar-refractivity contribution in [1.82, 2.24) is 0 Å². The standard InChI is InChI=1S/C12H7Cl2NO3S/c13-6-1-2-8(14)7(5-6)11(16)15-10-4-3-9(19-10)12(17)18/h1-5H,(H,15,16)(H,17,18). The number of carboxylic acid groups (broad SMARTS) is 1. The van der Waals surface area contributed by atoms with Crippen molar-refractivity contribution >= 4 is 51.4 Å². The summed E-state index contributed by atoms with van der Waals surface area (Å²) in [5, 5.41) is 12.5. The molecule has 7 heteroatoms. The summed E-state index contributed by atoms with van der Waals surface area (Å²) in [5.74, 6) is -1.47. The molecule has 0 atom stereocenters. The molecule has 2 N–H and O–H groups in total. The number of nitrogens with one attached hydrogen (secondary N) is 1. The lowest BCUT2D eigenvalue weighted by Crippen LogP contribution is -2.11. The van der Waals surface area contributed by atoms with Gasteiger partial charge in [-0.25, -0.2) is 4.79 Å². The predicted molar refractivity (Wildman–Crippen MR) is 75.7 cm³/mol. The Bertz CT molecular complexity index is 654. The fourth-order valence-corrected chi connectivity index (χ4v) is 2.49. The fourth-order valence-electron chi connectivity index (χ4n) is 1.37. The Kier molecular flexibility index (Phi) is 4.09. The van der Waals surface area contributed by atoms with Crippen molar-refractivity contribution in [3.05, 3.63) is 50.8 Å². The summed E-state index contributed by atoms with van der Waals surface area (Å²) in [6.45, 7) is 0. The van der Waals surface area contributed by atoms with Gasteiger partial charge < -0.3 is 10.4 Å². The molecule has 2 aromatic rings. The smallest absolute Gasteiger partial charge is 0.345 e. The summed E-state index contributed by atoms with van der Waals surface area (Å²) in [4.78, 5) is 22.8. The van der Waals surface area contributed by atoms with Crippen molar-refractivity contribution in [2.45, 2.75) is 0 Å². The number of carbonyl (C=O) groups excluding carboxylic acids is 1. The number of rotatable bonds is 3. The maximum Gasteiger partial charge on any atom is 0.345 e. The van der Waals surface area contributed by atoms with Crippen LogP contribution in [0.4, 0.5) is 5.00 Å². The zero-order valence-electron chi connectivity index (χ0n) is 9.31. The SMILES string of the molecule is O=C(O)c1ccc(NC(=O)c2cc(Cl)ccc2Cl)s1. The average Bonchev–Trinajstić information content (AvgIpc) is 2.80. The van der Waals surface area contributed by atoms with Gasteiger partial charge in [0.15, 0.2) is 0 Å². The van der Waals surface area contributed by atoms with Gasteiger partial charge in [0, 0.05) is 5.02 Å². The van der Waals surface area contributed by atoms with Crippen LogP contribution in [0.25, 0.3) is 0 Å². The molecule has 0 bridgehead atoms. The number of thiophene rings is 1. The Labute approximate surface area is 122 Å². The van der Waals surface area contributed by atoms with Gasteiger partial charge in [0.25, 0.3) is 5.91 Å². The number of hydrogen-bond acceptors (Lipinski definition) is 3. The van der Waals surface area contributed by atoms with Gasteiger partial charge in [-0.05, 0) is 30.3 Å². The van der Waals surface area contributed by atoms with E-state index in [1.807, 2.05) is 0 Å². The number of benzene rings is 1. The second kappa shape index (κ2) is 5.61. The van der Waals surface area contributed by atoms with E-state index in [9.17, 15) is 9.59 Å². The van der Waals surface area contributed by atoms with E-state index in [0.29, 0.717) is 10.0 Å². The Hall–Kier alpha value is -1.56. The van der Waals surface area contributed by atoms with Gasteiger partial charge >= 0.3 is 5.97 Å². The molecule has 0 aliphatic carbocycles. The molecule has 98 valence electrons. The van der Waals surface area contributed by atoms with Crippen molar-refractivity contribution in [3.63, 3.8) is 0 Å². The topological polar surface area (TPSA) is 66.4 Å². The van der Waals surface area contributed by atoms with Gasteiger partial charge in [-0.1, -0.05) is 23.2 Å². The summed E-state index contributed by atoms with van der Waals surface area (Å²) < 4.78 is 0. The first-order chi connectivity index (χ1) is 8.97. The number of aromatic carboxylic acids is 1. The van der Waals surface area contributed by atoms with Gasteiger partial charge in [-0.3, -0.25) is 4.79 Å². The highest BCUT2D eigenvalue weighted by Crippen LogP contribution is 2.25. The van der Waals surface area contributed by atoms with Crippen LogP contribution in [0.3, 0.4) is 0 Å². The third-order valence-electron chi connectivity index (χ3n) is 2.23. The van der Waals surface area contributed by atoms with E-state index in [-0.39, 0.29) is 15.5 Å². The highest BCUT2D eigenvalue weighted by atomic mass is 35.5. The summed E-state index contributed by atoms with van der Waals surface area (Å²) in [7, 11) is 0. The van der Waals surface area contributed by atoms with Crippen LogP contribution in [0.15, 0.2) is 30.3 Å². The largest absolute Gasteiger partial charge is 0.477 e. The Morgan fingerprint density at radius 1 is 1.16 bits per heavy atom. The van der Waals surface area contributed by atoms with Crippen LogP contribution in [0.1, 0.15) is 20.0 Å². The fraction of sp³-hybridized carbons (Fsp3) is 0. The van der Waals surface area contributed by atoms with Gasteiger partial charge in [-0.15, -0.1) is 11.3 Å². The molecule has 4 nitrogen and oxygen atoms in total. The minimum atomic E-state index is -1.04. The van der Waals surface area contributed by atoms with Gasteiger partial charge in [-0.2, -0.15) is 0 Å². The number of carboxylic acids is 1. The first kappa shape index (κ1) is 13.9. The molecule has 1 amide bonds.